The van der Waals surface area contributed by atoms with Crippen LogP contribution in [0.3, 0.4) is 0 Å². The maximum atomic E-state index is 12.6. The first-order valence-electron chi connectivity index (χ1n) is 8.69. The highest BCUT2D eigenvalue weighted by atomic mass is 32.1. The number of carbonyl (C=O) groups excluding carboxylic acids is 1. The number of nitrogens with zero attached hydrogens (tertiary/aromatic N) is 2. The Morgan fingerprint density at radius 3 is 2.71 bits per heavy atom. The van der Waals surface area contributed by atoms with Gasteiger partial charge in [0.15, 0.2) is 18.0 Å². The van der Waals surface area contributed by atoms with E-state index in [-0.39, 0.29) is 28.3 Å². The number of benzene rings is 1. The van der Waals surface area contributed by atoms with E-state index >= 15 is 0 Å². The van der Waals surface area contributed by atoms with Crippen LogP contribution < -0.4 is 16.2 Å². The summed E-state index contributed by atoms with van der Waals surface area (Å²) in [4.78, 5) is 43.3. The van der Waals surface area contributed by atoms with Crippen LogP contribution in [-0.4, -0.2) is 32.7 Å². The van der Waals surface area contributed by atoms with Gasteiger partial charge in [0.25, 0.3) is 5.56 Å². The number of hydrogen-bond acceptors (Lipinski definition) is 8. The molecule has 0 aliphatic carbocycles. The second-order valence-corrected chi connectivity index (χ2v) is 7.63. The minimum absolute atomic E-state index is 0.110. The average Bonchev–Trinajstić information content (AvgIpc) is 3.13. The van der Waals surface area contributed by atoms with E-state index in [1.54, 1.807) is 30.3 Å². The molecule has 146 valence electrons. The fraction of sp³-hybridized carbons (Fsp3) is 0.333. The fourth-order valence-corrected chi connectivity index (χ4v) is 4.10. The highest BCUT2D eigenvalue weighted by Crippen LogP contribution is 2.37. The lowest BCUT2D eigenvalue weighted by Crippen LogP contribution is -2.33. The molecular formula is C18H18N4O5S. The zero-order valence-electron chi connectivity index (χ0n) is 15.1. The van der Waals surface area contributed by atoms with Gasteiger partial charge in [0.05, 0.1) is 11.7 Å². The highest BCUT2D eigenvalue weighted by molar-refractivity contribution is 7.16. The summed E-state index contributed by atoms with van der Waals surface area (Å²) in [5, 5.41) is 0. The van der Waals surface area contributed by atoms with Crippen LogP contribution in [-0.2, 0) is 9.47 Å². The van der Waals surface area contributed by atoms with Gasteiger partial charge in [-0.3, -0.25) is 19.1 Å². The van der Waals surface area contributed by atoms with Crippen molar-refractivity contribution in [3.8, 4) is 0 Å². The number of H-pyrrole nitrogens is 1. The maximum Gasteiger partial charge on any atom is 0.338 e. The summed E-state index contributed by atoms with van der Waals surface area (Å²) < 4.78 is 13.0. The van der Waals surface area contributed by atoms with Crippen molar-refractivity contribution < 1.29 is 14.3 Å². The van der Waals surface area contributed by atoms with Crippen molar-refractivity contribution in [3.05, 3.63) is 55.9 Å². The highest BCUT2D eigenvalue weighted by Gasteiger charge is 2.45. The molecule has 2 aromatic heterocycles. The van der Waals surface area contributed by atoms with Crippen molar-refractivity contribution in [3.63, 3.8) is 0 Å². The first kappa shape index (κ1) is 18.4. The zero-order valence-corrected chi connectivity index (χ0v) is 15.9. The first-order chi connectivity index (χ1) is 13.4. The standard InChI is InChI=1S/C18H18N4O5S/c1-8-9(2)26-15(11(8)27-16(24)10-6-4-3-5-7-10)22-13-12(28-18(22)25)14(23)21-17(19)20-13/h3-9,11,15H,1-2H3,(H3,19,20,21,23)/t8-,9?,11-,15-/m1/s1. The summed E-state index contributed by atoms with van der Waals surface area (Å²) in [7, 11) is 0. The molecule has 0 bridgehead atoms. The molecule has 28 heavy (non-hydrogen) atoms. The Hall–Kier alpha value is -2.98. The number of hydrogen-bond donors (Lipinski definition) is 2. The average molecular weight is 402 g/mol. The molecule has 10 heteroatoms. The van der Waals surface area contributed by atoms with E-state index in [4.69, 9.17) is 15.2 Å². The third-order valence-electron chi connectivity index (χ3n) is 4.89. The summed E-state index contributed by atoms with van der Waals surface area (Å²) in [6.45, 7) is 3.71. The lowest BCUT2D eigenvalue weighted by Gasteiger charge is -2.22. The van der Waals surface area contributed by atoms with E-state index in [9.17, 15) is 14.4 Å². The van der Waals surface area contributed by atoms with Crippen LogP contribution in [0.1, 0.15) is 30.4 Å². The lowest BCUT2D eigenvalue weighted by molar-refractivity contribution is -0.0440. The molecular weight excluding hydrogens is 384 g/mol. The number of nitrogens with one attached hydrogen (secondary N) is 1. The van der Waals surface area contributed by atoms with E-state index in [1.165, 1.54) is 4.57 Å². The van der Waals surface area contributed by atoms with Gasteiger partial charge < -0.3 is 15.2 Å². The Kier molecular flexibility index (Phi) is 4.52. The molecule has 1 aliphatic heterocycles. The molecule has 1 fully saturated rings. The van der Waals surface area contributed by atoms with E-state index in [0.717, 1.165) is 11.3 Å². The minimum atomic E-state index is -0.910. The maximum absolute atomic E-state index is 12.6. The third kappa shape index (κ3) is 3.00. The number of esters is 1. The second-order valence-electron chi connectivity index (χ2n) is 6.67. The molecule has 1 aromatic carbocycles. The van der Waals surface area contributed by atoms with Gasteiger partial charge in [-0.15, -0.1) is 0 Å². The Bertz CT molecular complexity index is 1150. The molecule has 0 amide bonds. The Morgan fingerprint density at radius 2 is 2.00 bits per heavy atom. The van der Waals surface area contributed by atoms with E-state index in [2.05, 4.69) is 9.97 Å². The van der Waals surface area contributed by atoms with Gasteiger partial charge in [0.2, 0.25) is 5.95 Å². The molecule has 1 saturated heterocycles. The normalized spacial score (nSPS) is 24.5. The number of nitrogens with two attached hydrogens (primary N) is 1. The predicted octanol–water partition coefficient (Wildman–Crippen LogP) is 1.51. The molecule has 0 saturated carbocycles. The van der Waals surface area contributed by atoms with Crippen molar-refractivity contribution in [1.29, 1.82) is 0 Å². The predicted molar refractivity (Wildman–Crippen MR) is 103 cm³/mol. The monoisotopic (exact) mass is 402 g/mol. The molecule has 3 heterocycles. The summed E-state index contributed by atoms with van der Waals surface area (Å²) in [6.07, 6.45) is -1.92. The Labute approximate surface area is 162 Å². The van der Waals surface area contributed by atoms with Gasteiger partial charge in [0, 0.05) is 5.92 Å². The molecule has 0 spiro atoms. The van der Waals surface area contributed by atoms with Gasteiger partial charge in [-0.05, 0) is 19.1 Å². The second kappa shape index (κ2) is 6.88. The van der Waals surface area contributed by atoms with Crippen LogP contribution in [0, 0.1) is 5.92 Å². The summed E-state index contributed by atoms with van der Waals surface area (Å²) in [5.74, 6) is -0.808. The van der Waals surface area contributed by atoms with E-state index in [1.807, 2.05) is 13.8 Å². The molecule has 4 atom stereocenters. The van der Waals surface area contributed by atoms with Crippen LogP contribution in [0.4, 0.5) is 5.95 Å². The van der Waals surface area contributed by atoms with Crippen LogP contribution in [0.25, 0.3) is 10.3 Å². The first-order valence-corrected chi connectivity index (χ1v) is 9.51. The number of nitrogen functional groups attached to an aromatic ring is 1. The lowest BCUT2D eigenvalue weighted by atomic mass is 10.0. The Morgan fingerprint density at radius 1 is 1.29 bits per heavy atom. The topological polar surface area (TPSA) is 129 Å². The largest absolute Gasteiger partial charge is 0.454 e. The summed E-state index contributed by atoms with van der Waals surface area (Å²) >= 11 is 0.746. The van der Waals surface area contributed by atoms with Gasteiger partial charge in [0.1, 0.15) is 4.70 Å². The van der Waals surface area contributed by atoms with Crippen LogP contribution in [0.2, 0.25) is 0 Å². The number of anilines is 1. The number of carbonyl (C=O) groups is 1. The van der Waals surface area contributed by atoms with Crippen LogP contribution >= 0.6 is 11.3 Å². The van der Waals surface area contributed by atoms with Crippen LogP contribution in [0.15, 0.2) is 39.9 Å². The number of aromatic amines is 1. The Balaban J connectivity index is 1.77. The van der Waals surface area contributed by atoms with Gasteiger partial charge in [-0.25, -0.2) is 4.79 Å². The smallest absolute Gasteiger partial charge is 0.338 e. The number of thiazole rings is 1. The molecule has 3 N–H and O–H groups in total. The van der Waals surface area contributed by atoms with E-state index < -0.39 is 28.7 Å². The summed E-state index contributed by atoms with van der Waals surface area (Å²) in [6, 6.07) is 8.57. The summed E-state index contributed by atoms with van der Waals surface area (Å²) in [5.41, 5.74) is 5.66. The number of rotatable bonds is 3. The molecule has 4 rings (SSSR count). The molecule has 9 nitrogen and oxygen atoms in total. The third-order valence-corrected chi connectivity index (χ3v) is 5.84. The van der Waals surface area contributed by atoms with Crippen LogP contribution in [0.5, 0.6) is 0 Å². The quantitative estimate of drug-likeness (QED) is 0.635. The van der Waals surface area contributed by atoms with E-state index in [0.29, 0.717) is 5.56 Å². The van der Waals surface area contributed by atoms with Crippen molar-refractivity contribution in [1.82, 2.24) is 14.5 Å². The molecule has 3 aromatic rings. The molecule has 1 aliphatic rings. The SMILES string of the molecule is CC1O[C@@H](n2c(=O)sc3c(=O)[nH]c(N)nc32)[C@H](OC(=O)c2ccccc2)[C@@H]1C. The van der Waals surface area contributed by atoms with Crippen molar-refractivity contribution in [2.75, 3.05) is 5.73 Å². The zero-order chi connectivity index (χ0) is 20.0. The number of fused-ring (bicyclic) bond motifs is 1. The van der Waals surface area contributed by atoms with Crippen molar-refractivity contribution in [2.45, 2.75) is 32.3 Å². The minimum Gasteiger partial charge on any atom is -0.454 e. The van der Waals surface area contributed by atoms with Crippen molar-refractivity contribution in [2.24, 2.45) is 5.92 Å². The van der Waals surface area contributed by atoms with Gasteiger partial charge >= 0.3 is 10.8 Å². The fourth-order valence-electron chi connectivity index (χ4n) is 3.26. The molecule has 0 radical (unpaired) electrons. The van der Waals surface area contributed by atoms with Gasteiger partial charge in [-0.1, -0.05) is 36.5 Å². The number of ether oxygens (including phenoxy) is 2. The molecule has 1 unspecified atom stereocenters. The van der Waals surface area contributed by atoms with Crippen molar-refractivity contribution >= 4 is 33.6 Å². The van der Waals surface area contributed by atoms with Gasteiger partial charge in [-0.2, -0.15) is 4.98 Å². The number of aromatic nitrogens is 3.